The van der Waals surface area contributed by atoms with E-state index in [2.05, 4.69) is 15.5 Å². The molecule has 94 valence electrons. The van der Waals surface area contributed by atoms with Crippen LogP contribution in [-0.2, 0) is 0 Å². The zero-order valence-electron chi connectivity index (χ0n) is 10.6. The van der Waals surface area contributed by atoms with Crippen LogP contribution in [0.5, 0.6) is 11.5 Å². The quantitative estimate of drug-likeness (QED) is 0.895. The minimum Gasteiger partial charge on any atom is -0.493 e. The summed E-state index contributed by atoms with van der Waals surface area (Å²) in [5, 5.41) is 11.1. The topological polar surface area (TPSA) is 56.3 Å². The van der Waals surface area contributed by atoms with Gasteiger partial charge in [-0.1, -0.05) is 0 Å². The zero-order valence-corrected chi connectivity index (χ0v) is 10.6. The van der Waals surface area contributed by atoms with E-state index in [1.54, 1.807) is 21.3 Å². The lowest BCUT2D eigenvalue weighted by Crippen LogP contribution is -1.96. The van der Waals surface area contributed by atoms with E-state index in [-0.39, 0.29) is 0 Å². The van der Waals surface area contributed by atoms with Gasteiger partial charge in [0.1, 0.15) is 5.82 Å². The predicted molar refractivity (Wildman–Crippen MR) is 70.1 cm³/mol. The summed E-state index contributed by atoms with van der Waals surface area (Å²) in [6.45, 7) is 0. The number of methoxy groups -OCH3 is 2. The average molecular weight is 245 g/mol. The van der Waals surface area contributed by atoms with Crippen LogP contribution in [0.2, 0.25) is 0 Å². The monoisotopic (exact) mass is 245 g/mol. The van der Waals surface area contributed by atoms with Crippen LogP contribution in [-0.4, -0.2) is 31.5 Å². The summed E-state index contributed by atoms with van der Waals surface area (Å²) >= 11 is 0. The molecule has 0 radical (unpaired) electrons. The molecular formula is C13H15N3O2. The Kier molecular flexibility index (Phi) is 3.62. The van der Waals surface area contributed by atoms with Gasteiger partial charge < -0.3 is 14.8 Å². The highest BCUT2D eigenvalue weighted by Gasteiger charge is 2.07. The molecule has 0 saturated heterocycles. The van der Waals surface area contributed by atoms with Crippen molar-refractivity contribution in [1.29, 1.82) is 0 Å². The Labute approximate surface area is 106 Å². The molecule has 0 amide bonds. The van der Waals surface area contributed by atoms with Crippen LogP contribution >= 0.6 is 0 Å². The molecule has 2 aromatic rings. The van der Waals surface area contributed by atoms with Gasteiger partial charge in [-0.3, -0.25) is 0 Å². The molecule has 5 heteroatoms. The molecule has 0 aliphatic rings. The molecule has 18 heavy (non-hydrogen) atoms. The third-order valence-corrected chi connectivity index (χ3v) is 2.60. The molecule has 2 rings (SSSR count). The Morgan fingerprint density at radius 2 is 1.72 bits per heavy atom. The van der Waals surface area contributed by atoms with Crippen LogP contribution in [0, 0.1) is 0 Å². The number of nitrogens with zero attached hydrogens (tertiary/aromatic N) is 2. The number of nitrogens with one attached hydrogen (secondary N) is 1. The maximum atomic E-state index is 5.26. The number of anilines is 1. The first-order chi connectivity index (χ1) is 8.78. The maximum absolute atomic E-state index is 5.26. The fraction of sp³-hybridized carbons (Fsp3) is 0.231. The second-order valence-corrected chi connectivity index (χ2v) is 3.62. The lowest BCUT2D eigenvalue weighted by molar-refractivity contribution is 0.355. The molecule has 0 fully saturated rings. The fourth-order valence-electron chi connectivity index (χ4n) is 1.62. The smallest absolute Gasteiger partial charge is 0.161 e. The van der Waals surface area contributed by atoms with E-state index in [1.807, 2.05) is 30.3 Å². The highest BCUT2D eigenvalue weighted by atomic mass is 16.5. The van der Waals surface area contributed by atoms with Crippen LogP contribution in [0.3, 0.4) is 0 Å². The molecule has 0 unspecified atom stereocenters. The van der Waals surface area contributed by atoms with Crippen molar-refractivity contribution in [3.05, 3.63) is 30.3 Å². The van der Waals surface area contributed by atoms with Gasteiger partial charge in [0.15, 0.2) is 11.5 Å². The Bertz CT molecular complexity index is 526. The van der Waals surface area contributed by atoms with Crippen LogP contribution in [0.25, 0.3) is 11.3 Å². The summed E-state index contributed by atoms with van der Waals surface area (Å²) in [6, 6.07) is 9.42. The predicted octanol–water partition coefficient (Wildman–Crippen LogP) is 2.20. The van der Waals surface area contributed by atoms with Crippen LogP contribution in [0.15, 0.2) is 30.3 Å². The molecule has 0 spiro atoms. The first-order valence-corrected chi connectivity index (χ1v) is 5.52. The van der Waals surface area contributed by atoms with Gasteiger partial charge in [0.25, 0.3) is 0 Å². The van der Waals surface area contributed by atoms with Crippen LogP contribution in [0.1, 0.15) is 0 Å². The van der Waals surface area contributed by atoms with Crippen LogP contribution in [0.4, 0.5) is 5.82 Å². The summed E-state index contributed by atoms with van der Waals surface area (Å²) in [7, 11) is 5.02. The maximum Gasteiger partial charge on any atom is 0.161 e. The van der Waals surface area contributed by atoms with Gasteiger partial charge in [0, 0.05) is 12.6 Å². The second kappa shape index (κ2) is 5.35. The first-order valence-electron chi connectivity index (χ1n) is 5.52. The van der Waals surface area contributed by atoms with Gasteiger partial charge in [-0.2, -0.15) is 0 Å². The molecule has 1 N–H and O–H groups in total. The summed E-state index contributed by atoms with van der Waals surface area (Å²) in [6.07, 6.45) is 0. The first kappa shape index (κ1) is 12.2. The Balaban J connectivity index is 2.37. The van der Waals surface area contributed by atoms with Crippen molar-refractivity contribution < 1.29 is 9.47 Å². The van der Waals surface area contributed by atoms with E-state index >= 15 is 0 Å². The van der Waals surface area contributed by atoms with Crippen molar-refractivity contribution >= 4 is 5.82 Å². The van der Waals surface area contributed by atoms with Gasteiger partial charge in [-0.05, 0) is 30.3 Å². The molecule has 1 aromatic heterocycles. The molecule has 1 heterocycles. The average Bonchev–Trinajstić information content (AvgIpc) is 2.46. The van der Waals surface area contributed by atoms with E-state index in [4.69, 9.17) is 9.47 Å². The standard InChI is InChI=1S/C13H15N3O2/c1-14-13-7-5-10(15-16-13)9-4-6-11(17-2)12(8-9)18-3/h4-8H,1-3H3,(H,14,16). The molecule has 0 aliphatic carbocycles. The number of rotatable bonds is 4. The molecular weight excluding hydrogens is 230 g/mol. The normalized spacial score (nSPS) is 9.94. The van der Waals surface area contributed by atoms with Crippen molar-refractivity contribution in [2.24, 2.45) is 0 Å². The lowest BCUT2D eigenvalue weighted by Gasteiger charge is -2.09. The summed E-state index contributed by atoms with van der Waals surface area (Å²) in [4.78, 5) is 0. The number of hydrogen-bond donors (Lipinski definition) is 1. The van der Waals surface area contributed by atoms with Crippen molar-refractivity contribution in [2.45, 2.75) is 0 Å². The van der Waals surface area contributed by atoms with Crippen molar-refractivity contribution in [3.63, 3.8) is 0 Å². The van der Waals surface area contributed by atoms with Crippen molar-refractivity contribution in [2.75, 3.05) is 26.6 Å². The number of benzene rings is 1. The van der Waals surface area contributed by atoms with E-state index in [0.29, 0.717) is 11.5 Å². The highest BCUT2D eigenvalue weighted by Crippen LogP contribution is 2.31. The number of hydrogen-bond acceptors (Lipinski definition) is 5. The Morgan fingerprint density at radius 1 is 0.944 bits per heavy atom. The van der Waals surface area contributed by atoms with Gasteiger partial charge in [-0.25, -0.2) is 0 Å². The van der Waals surface area contributed by atoms with E-state index in [0.717, 1.165) is 17.1 Å². The fourth-order valence-corrected chi connectivity index (χ4v) is 1.62. The van der Waals surface area contributed by atoms with Gasteiger partial charge >= 0.3 is 0 Å². The third kappa shape index (κ3) is 2.34. The number of aromatic nitrogens is 2. The summed E-state index contributed by atoms with van der Waals surface area (Å²) in [5.74, 6) is 2.11. The Hall–Kier alpha value is -2.30. The second-order valence-electron chi connectivity index (χ2n) is 3.62. The summed E-state index contributed by atoms with van der Waals surface area (Å²) < 4.78 is 10.5. The lowest BCUT2D eigenvalue weighted by atomic mass is 10.1. The SMILES string of the molecule is CNc1ccc(-c2ccc(OC)c(OC)c2)nn1. The van der Waals surface area contributed by atoms with Crippen LogP contribution < -0.4 is 14.8 Å². The Morgan fingerprint density at radius 3 is 2.28 bits per heavy atom. The minimum absolute atomic E-state index is 0.675. The third-order valence-electron chi connectivity index (χ3n) is 2.60. The van der Waals surface area contributed by atoms with Gasteiger partial charge in [-0.15, -0.1) is 10.2 Å². The van der Waals surface area contributed by atoms with Gasteiger partial charge in [0.05, 0.1) is 19.9 Å². The van der Waals surface area contributed by atoms with Gasteiger partial charge in [0.2, 0.25) is 0 Å². The molecule has 0 saturated carbocycles. The zero-order chi connectivity index (χ0) is 13.0. The summed E-state index contributed by atoms with van der Waals surface area (Å²) in [5.41, 5.74) is 1.72. The van der Waals surface area contributed by atoms with E-state index in [1.165, 1.54) is 0 Å². The number of ether oxygens (including phenoxy) is 2. The minimum atomic E-state index is 0.675. The van der Waals surface area contributed by atoms with E-state index in [9.17, 15) is 0 Å². The largest absolute Gasteiger partial charge is 0.493 e. The van der Waals surface area contributed by atoms with E-state index < -0.39 is 0 Å². The highest BCUT2D eigenvalue weighted by molar-refractivity contribution is 5.64. The molecule has 0 bridgehead atoms. The van der Waals surface area contributed by atoms with Crippen molar-refractivity contribution in [3.8, 4) is 22.8 Å². The molecule has 0 atom stereocenters. The molecule has 5 nitrogen and oxygen atoms in total. The van der Waals surface area contributed by atoms with Crippen molar-refractivity contribution in [1.82, 2.24) is 10.2 Å². The molecule has 1 aromatic carbocycles. The molecule has 0 aliphatic heterocycles.